The van der Waals surface area contributed by atoms with Crippen LogP contribution in [0.2, 0.25) is 0 Å². The molecular formula is C56H58N6O10. The van der Waals surface area contributed by atoms with Crippen LogP contribution in [-0.4, -0.2) is 87.6 Å². The fourth-order valence-corrected chi connectivity index (χ4v) is 8.87. The number of nitrogens with one attached hydrogen (secondary N) is 2. The van der Waals surface area contributed by atoms with Gasteiger partial charge in [0.15, 0.2) is 12.3 Å². The van der Waals surface area contributed by atoms with Gasteiger partial charge in [-0.1, -0.05) is 157 Å². The first-order chi connectivity index (χ1) is 35.4. The molecule has 0 spiro atoms. The molecular weight excluding hydrogens is 917 g/mol. The van der Waals surface area contributed by atoms with Crippen molar-refractivity contribution in [2.24, 2.45) is 0 Å². The minimum atomic E-state index is -1.48. The van der Waals surface area contributed by atoms with Crippen LogP contribution in [0.4, 0.5) is 4.79 Å². The van der Waals surface area contributed by atoms with Crippen molar-refractivity contribution in [2.75, 3.05) is 13.2 Å². The van der Waals surface area contributed by atoms with Gasteiger partial charge in [-0.25, -0.2) is 9.48 Å². The lowest BCUT2D eigenvalue weighted by Gasteiger charge is -2.50. The number of cyclic esters (lactones) is 1. The zero-order chi connectivity index (χ0) is 49.5. The van der Waals surface area contributed by atoms with Gasteiger partial charge in [-0.05, 0) is 53.3 Å². The van der Waals surface area contributed by atoms with Crippen molar-refractivity contribution in [3.05, 3.63) is 216 Å². The minimum Gasteiger partial charge on any atom is -0.467 e. The molecule has 8 atom stereocenters. The van der Waals surface area contributed by atoms with E-state index in [1.165, 1.54) is 22.0 Å². The first-order valence-corrected chi connectivity index (χ1v) is 24.1. The predicted molar refractivity (Wildman–Crippen MR) is 263 cm³/mol. The first-order valence-electron chi connectivity index (χ1n) is 24.1. The van der Waals surface area contributed by atoms with Gasteiger partial charge >= 0.3 is 6.09 Å². The van der Waals surface area contributed by atoms with Gasteiger partial charge in [-0.3, -0.25) is 14.5 Å². The molecule has 2 aromatic heterocycles. The number of aromatic nitrogens is 3. The summed E-state index contributed by atoms with van der Waals surface area (Å²) in [5, 5.41) is 14.5. The highest BCUT2D eigenvalue weighted by Crippen LogP contribution is 2.38. The van der Waals surface area contributed by atoms with Crippen molar-refractivity contribution in [3.63, 3.8) is 0 Å². The molecule has 16 heteroatoms. The van der Waals surface area contributed by atoms with Gasteiger partial charge in [-0.15, -0.1) is 5.10 Å². The maximum absolute atomic E-state index is 15.9. The number of rotatable bonds is 17. The van der Waals surface area contributed by atoms with E-state index >= 15 is 9.59 Å². The van der Waals surface area contributed by atoms with E-state index in [1.54, 1.807) is 19.1 Å². The summed E-state index contributed by atoms with van der Waals surface area (Å²) in [6, 6.07) is 48.5. The van der Waals surface area contributed by atoms with Crippen LogP contribution in [0.15, 0.2) is 181 Å². The van der Waals surface area contributed by atoms with E-state index in [0.29, 0.717) is 12.1 Å². The molecule has 9 rings (SSSR count). The van der Waals surface area contributed by atoms with Crippen LogP contribution in [0.3, 0.4) is 0 Å². The van der Waals surface area contributed by atoms with Crippen LogP contribution in [0, 0.1) is 0 Å². The number of ether oxygens (including phenoxy) is 6. The van der Waals surface area contributed by atoms with E-state index < -0.39 is 66.7 Å². The third-order valence-corrected chi connectivity index (χ3v) is 12.6. The maximum Gasteiger partial charge on any atom is 0.407 e. The Kier molecular flexibility index (Phi) is 16.9. The van der Waals surface area contributed by atoms with Crippen LogP contribution in [-0.2, 0) is 77.5 Å². The summed E-state index contributed by atoms with van der Waals surface area (Å²) in [6.07, 6.45) is -2.65. The molecule has 3 amide bonds. The molecule has 2 bridgehead atoms. The lowest BCUT2D eigenvalue weighted by molar-refractivity contribution is -0.300. The van der Waals surface area contributed by atoms with Crippen LogP contribution in [0.25, 0.3) is 0 Å². The molecule has 72 heavy (non-hydrogen) atoms. The number of furan rings is 1. The summed E-state index contributed by atoms with van der Waals surface area (Å²) in [5.74, 6) is -1.09. The second kappa shape index (κ2) is 24.6. The van der Waals surface area contributed by atoms with Crippen molar-refractivity contribution in [3.8, 4) is 0 Å². The Morgan fingerprint density at radius 3 is 1.75 bits per heavy atom. The first kappa shape index (κ1) is 49.5. The number of benzene rings is 5. The van der Waals surface area contributed by atoms with E-state index in [1.807, 2.05) is 152 Å². The molecule has 0 saturated carbocycles. The topological polar surface area (TPSA) is 178 Å². The van der Waals surface area contributed by atoms with Crippen molar-refractivity contribution < 1.29 is 47.2 Å². The lowest BCUT2D eigenvalue weighted by Crippen LogP contribution is -2.67. The molecule has 2 aliphatic rings. The van der Waals surface area contributed by atoms with Gasteiger partial charge in [0.25, 0.3) is 5.91 Å². The summed E-state index contributed by atoms with van der Waals surface area (Å²) < 4.78 is 47.8. The van der Waals surface area contributed by atoms with Gasteiger partial charge in [0, 0.05) is 6.54 Å². The molecule has 0 radical (unpaired) electrons. The third-order valence-electron chi connectivity index (χ3n) is 12.6. The molecule has 2 aliphatic heterocycles. The van der Waals surface area contributed by atoms with Crippen molar-refractivity contribution in [1.29, 1.82) is 0 Å². The Bertz CT molecular complexity index is 2750. The Labute approximate surface area is 418 Å². The molecule has 4 heterocycles. The fourth-order valence-electron chi connectivity index (χ4n) is 8.87. The average Bonchev–Trinajstić information content (AvgIpc) is 4.14. The van der Waals surface area contributed by atoms with E-state index in [2.05, 4.69) is 20.9 Å². The van der Waals surface area contributed by atoms with Crippen LogP contribution in [0.5, 0.6) is 0 Å². The molecule has 1 unspecified atom stereocenters. The highest BCUT2D eigenvalue weighted by atomic mass is 16.6. The fraction of sp³-hybridized carbons (Fsp3) is 0.304. The van der Waals surface area contributed by atoms with E-state index in [9.17, 15) is 4.79 Å². The SMILES string of the molecule is C[C@H]1C(=O)N([C@@H]2O[C@H](COCc3ccccc3)[C@@H](OCc3ccccc3)[C@H](OCc3ccccc3)[C@H]2OCc2ccccc2)C(c2ccco2)C(=O)NC[C@H](Cc2ccccc2)NC(=O)OCc2cn1nn2. The zero-order valence-electron chi connectivity index (χ0n) is 39.9. The molecule has 1 saturated heterocycles. The number of fused-ring (bicyclic) bond motifs is 2. The number of hydrogen-bond acceptors (Lipinski definition) is 12. The van der Waals surface area contributed by atoms with Crippen LogP contribution >= 0.6 is 0 Å². The largest absolute Gasteiger partial charge is 0.467 e. The maximum atomic E-state index is 15.9. The molecule has 5 aromatic carbocycles. The number of carbonyl (C=O) groups is 3. The van der Waals surface area contributed by atoms with Crippen molar-refractivity contribution in [1.82, 2.24) is 30.5 Å². The van der Waals surface area contributed by atoms with Gasteiger partial charge in [0.2, 0.25) is 5.91 Å². The van der Waals surface area contributed by atoms with E-state index in [4.69, 9.17) is 32.8 Å². The predicted octanol–water partition coefficient (Wildman–Crippen LogP) is 7.67. The van der Waals surface area contributed by atoms with Crippen LogP contribution in [0.1, 0.15) is 58.3 Å². The average molecular weight is 975 g/mol. The van der Waals surface area contributed by atoms with E-state index in [-0.39, 0.29) is 51.9 Å². The molecule has 1 fully saturated rings. The Balaban J connectivity index is 1.17. The molecule has 16 nitrogen and oxygen atoms in total. The van der Waals surface area contributed by atoms with Gasteiger partial charge in [0.1, 0.15) is 48.5 Å². The number of amides is 3. The Morgan fingerprint density at radius 1 is 0.639 bits per heavy atom. The monoisotopic (exact) mass is 974 g/mol. The summed E-state index contributed by atoms with van der Waals surface area (Å²) in [4.78, 5) is 45.9. The minimum absolute atomic E-state index is 0.00997. The molecule has 372 valence electrons. The van der Waals surface area contributed by atoms with Crippen molar-refractivity contribution in [2.45, 2.75) is 95.1 Å². The molecule has 7 aromatic rings. The molecule has 2 N–H and O–H groups in total. The second-order valence-corrected chi connectivity index (χ2v) is 17.7. The molecule has 0 aliphatic carbocycles. The third kappa shape index (κ3) is 12.9. The number of hydrogen-bond donors (Lipinski definition) is 2. The number of nitrogens with zero attached hydrogens (tertiary/aromatic N) is 4. The lowest BCUT2D eigenvalue weighted by atomic mass is 9.94. The highest BCUT2D eigenvalue weighted by Gasteiger charge is 2.54. The Morgan fingerprint density at radius 2 is 1.18 bits per heavy atom. The summed E-state index contributed by atoms with van der Waals surface area (Å²) >= 11 is 0. The standard InChI is InChI=1S/C56H58N6O10/c1-39-54(64)62(49(47-28-17-29-67-47)53(63)57-31-45(30-40-18-7-2-8-19-40)58-56(65)71-37-46-32-61(39)60-59-46)55-52(70-36-44-26-15-6-16-27-44)51(69-35-43-24-13-5-14-25-43)50(68-34-42-22-11-4-12-23-42)48(72-55)38-66-33-41-20-9-3-10-21-41/h2-29,32,39,45,48-52,55H,30-31,33-38H2,1H3,(H,57,63)(H,58,65)/t39-,45-,48+,49?,50+,51-,52+,55+/m0/s1. The Hall–Kier alpha value is -7.47. The smallest absolute Gasteiger partial charge is 0.407 e. The van der Waals surface area contributed by atoms with Gasteiger partial charge in [-0.2, -0.15) is 0 Å². The number of carbonyl (C=O) groups excluding carboxylic acids is 3. The second-order valence-electron chi connectivity index (χ2n) is 17.7. The van der Waals surface area contributed by atoms with Gasteiger partial charge < -0.3 is 43.5 Å². The van der Waals surface area contributed by atoms with Crippen molar-refractivity contribution >= 4 is 17.9 Å². The highest BCUT2D eigenvalue weighted by molar-refractivity contribution is 5.90. The normalized spacial score (nSPS) is 23.0. The quantitative estimate of drug-likeness (QED) is 0.0912. The van der Waals surface area contributed by atoms with Crippen LogP contribution < -0.4 is 10.6 Å². The summed E-state index contributed by atoms with van der Waals surface area (Å²) in [6.45, 7) is 1.98. The zero-order valence-corrected chi connectivity index (χ0v) is 39.9. The summed E-state index contributed by atoms with van der Waals surface area (Å²) in [5.41, 5.74) is 4.78. The van der Waals surface area contributed by atoms with E-state index in [0.717, 1.165) is 27.8 Å². The number of alkyl carbamates (subject to hydrolysis) is 1. The summed E-state index contributed by atoms with van der Waals surface area (Å²) in [7, 11) is 0. The van der Waals surface area contributed by atoms with Gasteiger partial charge in [0.05, 0.1) is 51.5 Å².